The van der Waals surface area contributed by atoms with Gasteiger partial charge in [-0.2, -0.15) is 0 Å². The Morgan fingerprint density at radius 3 is 1.95 bits per heavy atom. The number of benzene rings is 4. The highest BCUT2D eigenvalue weighted by molar-refractivity contribution is 6.13. The Hall–Kier alpha value is -5.05. The number of ether oxygens (including phenoxy) is 3. The van der Waals surface area contributed by atoms with E-state index in [4.69, 9.17) is 14.2 Å². The predicted molar refractivity (Wildman–Crippen MR) is 141 cm³/mol. The van der Waals surface area contributed by atoms with Crippen molar-refractivity contribution in [1.29, 1.82) is 0 Å². The monoisotopic (exact) mass is 499 g/mol. The lowest BCUT2D eigenvalue weighted by Gasteiger charge is -2.14. The van der Waals surface area contributed by atoms with Gasteiger partial charge in [0, 0.05) is 22.5 Å². The third-order valence-electron chi connectivity index (χ3n) is 5.57. The summed E-state index contributed by atoms with van der Waals surface area (Å²) in [5, 5.41) is 9.50. The van der Waals surface area contributed by atoms with Gasteiger partial charge in [0.25, 0.3) is 11.8 Å². The molecule has 4 aromatic rings. The fourth-order valence-electron chi connectivity index (χ4n) is 3.85. The van der Waals surface area contributed by atoms with E-state index in [-0.39, 0.29) is 23.0 Å². The van der Waals surface area contributed by atoms with E-state index in [1.807, 2.05) is 36.4 Å². The molecule has 37 heavy (non-hydrogen) atoms. The van der Waals surface area contributed by atoms with Crippen molar-refractivity contribution in [1.82, 2.24) is 5.32 Å². The first-order valence-electron chi connectivity index (χ1n) is 11.2. The second-order valence-corrected chi connectivity index (χ2v) is 7.88. The van der Waals surface area contributed by atoms with Gasteiger partial charge in [0.05, 0.1) is 21.3 Å². The molecule has 9 heteroatoms. The normalized spacial score (nSPS) is 10.4. The largest absolute Gasteiger partial charge is 0.493 e. The summed E-state index contributed by atoms with van der Waals surface area (Å²) in [6.45, 7) is 0. The second kappa shape index (κ2) is 11.1. The van der Waals surface area contributed by atoms with E-state index in [1.165, 1.54) is 33.5 Å². The van der Waals surface area contributed by atoms with Crippen molar-refractivity contribution in [2.24, 2.45) is 0 Å². The lowest BCUT2D eigenvalue weighted by Crippen LogP contribution is -2.34. The van der Waals surface area contributed by atoms with Crippen LogP contribution in [-0.4, -0.2) is 39.2 Å². The van der Waals surface area contributed by atoms with Crippen LogP contribution in [0.5, 0.6) is 17.2 Å². The summed E-state index contributed by atoms with van der Waals surface area (Å²) in [7, 11) is 4.31. The number of fused-ring (bicyclic) bond motifs is 1. The molecule has 3 N–H and O–H groups in total. The van der Waals surface area contributed by atoms with Crippen molar-refractivity contribution >= 4 is 40.0 Å². The quantitative estimate of drug-likeness (QED) is 0.327. The molecule has 0 aliphatic heterocycles. The number of urea groups is 1. The van der Waals surface area contributed by atoms with E-state index in [2.05, 4.69) is 16.0 Å². The number of carbonyl (C=O) groups excluding carboxylic acids is 3. The van der Waals surface area contributed by atoms with Crippen LogP contribution in [0.4, 0.5) is 16.2 Å². The number of carbonyl (C=O) groups is 3. The van der Waals surface area contributed by atoms with Gasteiger partial charge in [0.15, 0.2) is 11.5 Å². The van der Waals surface area contributed by atoms with Crippen LogP contribution < -0.4 is 30.2 Å². The topological polar surface area (TPSA) is 115 Å². The number of methoxy groups -OCH3 is 3. The minimum absolute atomic E-state index is 0.140. The summed E-state index contributed by atoms with van der Waals surface area (Å²) in [5.74, 6) is -0.0643. The van der Waals surface area contributed by atoms with Gasteiger partial charge >= 0.3 is 6.03 Å². The second-order valence-electron chi connectivity index (χ2n) is 7.88. The minimum atomic E-state index is -0.753. The maximum Gasteiger partial charge on any atom is 0.326 e. The zero-order valence-corrected chi connectivity index (χ0v) is 20.5. The van der Waals surface area contributed by atoms with Crippen LogP contribution in [0.2, 0.25) is 0 Å². The molecule has 0 unspecified atom stereocenters. The van der Waals surface area contributed by atoms with Crippen LogP contribution in [0.15, 0.2) is 78.9 Å². The van der Waals surface area contributed by atoms with Crippen molar-refractivity contribution < 1.29 is 28.6 Å². The number of rotatable bonds is 7. The molecule has 188 valence electrons. The lowest BCUT2D eigenvalue weighted by atomic mass is 10.0. The van der Waals surface area contributed by atoms with Crippen LogP contribution in [-0.2, 0) is 0 Å². The summed E-state index contributed by atoms with van der Waals surface area (Å²) >= 11 is 0. The number of nitrogens with one attached hydrogen (secondary N) is 3. The van der Waals surface area contributed by atoms with E-state index in [1.54, 1.807) is 30.3 Å². The Kier molecular flexibility index (Phi) is 7.53. The predicted octanol–water partition coefficient (Wildman–Crippen LogP) is 5.08. The summed E-state index contributed by atoms with van der Waals surface area (Å²) in [4.78, 5) is 38.1. The molecule has 9 nitrogen and oxygen atoms in total. The molecule has 0 aliphatic rings. The van der Waals surface area contributed by atoms with Crippen LogP contribution in [0.25, 0.3) is 10.8 Å². The fraction of sp³-hybridized carbons (Fsp3) is 0.107. The van der Waals surface area contributed by atoms with E-state index in [0.717, 1.165) is 10.8 Å². The van der Waals surface area contributed by atoms with Gasteiger partial charge in [-0.05, 0) is 47.2 Å². The molecule has 0 radical (unpaired) electrons. The first-order valence-corrected chi connectivity index (χ1v) is 11.2. The Morgan fingerprint density at radius 1 is 0.649 bits per heavy atom. The van der Waals surface area contributed by atoms with Gasteiger partial charge in [-0.3, -0.25) is 14.9 Å². The maximum absolute atomic E-state index is 12.9. The lowest BCUT2D eigenvalue weighted by molar-refractivity contribution is 0.0965. The molecule has 0 atom stereocenters. The molecular formula is C28H25N3O6. The summed E-state index contributed by atoms with van der Waals surface area (Å²) in [6.07, 6.45) is 0. The number of hydrogen-bond donors (Lipinski definition) is 3. The van der Waals surface area contributed by atoms with Gasteiger partial charge < -0.3 is 24.8 Å². The molecule has 4 amide bonds. The Morgan fingerprint density at radius 2 is 1.27 bits per heavy atom. The van der Waals surface area contributed by atoms with E-state index in [9.17, 15) is 14.4 Å². The zero-order chi connectivity index (χ0) is 26.4. The number of hydrogen-bond acceptors (Lipinski definition) is 6. The third-order valence-corrected chi connectivity index (χ3v) is 5.57. The molecule has 4 aromatic carbocycles. The molecule has 0 fully saturated rings. The van der Waals surface area contributed by atoms with Crippen LogP contribution in [0.1, 0.15) is 20.7 Å². The molecule has 0 spiro atoms. The Bertz CT molecular complexity index is 1450. The molecule has 0 heterocycles. The first-order chi connectivity index (χ1) is 17.9. The van der Waals surface area contributed by atoms with Crippen LogP contribution >= 0.6 is 0 Å². The van der Waals surface area contributed by atoms with Crippen molar-refractivity contribution in [3.05, 3.63) is 90.0 Å². The summed E-state index contributed by atoms with van der Waals surface area (Å²) < 4.78 is 15.8. The molecule has 0 aliphatic carbocycles. The SMILES string of the molecule is COc1cc(C(=O)NC(=O)Nc2cccc(NC(=O)c3cccc4ccccc34)c2)cc(OC)c1OC. The van der Waals surface area contributed by atoms with Gasteiger partial charge in [-0.1, -0.05) is 42.5 Å². The van der Waals surface area contributed by atoms with E-state index >= 15 is 0 Å². The first kappa shape index (κ1) is 25.1. The number of amides is 4. The minimum Gasteiger partial charge on any atom is -0.493 e. The van der Waals surface area contributed by atoms with Crippen molar-refractivity contribution in [2.75, 3.05) is 32.0 Å². The van der Waals surface area contributed by atoms with E-state index < -0.39 is 11.9 Å². The number of anilines is 2. The average molecular weight is 500 g/mol. The molecule has 0 saturated carbocycles. The maximum atomic E-state index is 12.9. The highest BCUT2D eigenvalue weighted by atomic mass is 16.5. The van der Waals surface area contributed by atoms with Crippen LogP contribution in [0.3, 0.4) is 0 Å². The third kappa shape index (κ3) is 5.62. The molecule has 0 aromatic heterocycles. The van der Waals surface area contributed by atoms with Crippen LogP contribution in [0, 0.1) is 0 Å². The van der Waals surface area contributed by atoms with E-state index in [0.29, 0.717) is 22.7 Å². The molecular weight excluding hydrogens is 474 g/mol. The Labute approximate surface area is 213 Å². The smallest absolute Gasteiger partial charge is 0.326 e. The van der Waals surface area contributed by atoms with Gasteiger partial charge in [-0.15, -0.1) is 0 Å². The zero-order valence-electron chi connectivity index (χ0n) is 20.5. The average Bonchev–Trinajstić information content (AvgIpc) is 2.91. The highest BCUT2D eigenvalue weighted by Gasteiger charge is 2.19. The fourth-order valence-corrected chi connectivity index (χ4v) is 3.85. The number of imide groups is 1. The molecule has 0 saturated heterocycles. The highest BCUT2D eigenvalue weighted by Crippen LogP contribution is 2.38. The molecule has 0 bridgehead atoms. The van der Waals surface area contributed by atoms with Crippen molar-refractivity contribution in [3.8, 4) is 17.2 Å². The van der Waals surface area contributed by atoms with Crippen molar-refractivity contribution in [2.45, 2.75) is 0 Å². The van der Waals surface area contributed by atoms with Crippen molar-refractivity contribution in [3.63, 3.8) is 0 Å². The summed E-state index contributed by atoms with van der Waals surface area (Å²) in [6, 6.07) is 21.9. The standard InChI is InChI=1S/C28H25N3O6/c1-35-23-14-18(15-24(36-2)25(23)37-3)26(32)31-28(34)30-20-11-7-10-19(16-20)29-27(33)22-13-6-9-17-8-4-5-12-21(17)22/h4-16H,1-3H3,(H,29,33)(H2,30,31,32,34). The Balaban J connectivity index is 1.44. The van der Waals surface area contributed by atoms with Gasteiger partial charge in [-0.25, -0.2) is 4.79 Å². The van der Waals surface area contributed by atoms with Gasteiger partial charge in [0.1, 0.15) is 0 Å². The van der Waals surface area contributed by atoms with Gasteiger partial charge in [0.2, 0.25) is 5.75 Å². The summed E-state index contributed by atoms with van der Waals surface area (Å²) in [5.41, 5.74) is 1.53. The molecule has 4 rings (SSSR count).